The fraction of sp³-hybridized carbons (Fsp3) is 0.368. The van der Waals surface area contributed by atoms with E-state index in [1.165, 1.54) is 0 Å². The van der Waals surface area contributed by atoms with Crippen molar-refractivity contribution >= 4 is 36.4 Å². The average molecular weight is 398 g/mol. The molecule has 0 spiro atoms. The molecular formula is C19H25Cl2N3O2. The van der Waals surface area contributed by atoms with Crippen LogP contribution < -0.4 is 15.4 Å². The minimum Gasteiger partial charge on any atom is -0.439 e. The van der Waals surface area contributed by atoms with Crippen molar-refractivity contribution in [3.05, 3.63) is 47.7 Å². The lowest BCUT2D eigenvalue weighted by Gasteiger charge is -2.22. The third kappa shape index (κ3) is 5.87. The summed E-state index contributed by atoms with van der Waals surface area (Å²) in [5, 5.41) is 6.23. The van der Waals surface area contributed by atoms with Crippen LogP contribution in [0.3, 0.4) is 0 Å². The number of pyridine rings is 1. The second kappa shape index (κ2) is 10.4. The fourth-order valence-corrected chi connectivity index (χ4v) is 2.77. The molecule has 2 aromatic rings. The molecule has 1 aromatic heterocycles. The molecule has 3 rings (SSSR count). The van der Waals surface area contributed by atoms with Crippen molar-refractivity contribution < 1.29 is 9.53 Å². The Hall–Kier alpha value is -1.82. The summed E-state index contributed by atoms with van der Waals surface area (Å²) in [6.07, 6.45) is 4.83. The maximum atomic E-state index is 12.3. The molecule has 1 fully saturated rings. The maximum Gasteiger partial charge on any atom is 0.241 e. The van der Waals surface area contributed by atoms with E-state index in [0.29, 0.717) is 11.6 Å². The number of benzene rings is 1. The van der Waals surface area contributed by atoms with Crippen LogP contribution >= 0.6 is 24.8 Å². The molecule has 1 aliphatic rings. The zero-order chi connectivity index (χ0) is 16.9. The van der Waals surface area contributed by atoms with Crippen LogP contribution in [0.5, 0.6) is 11.6 Å². The number of carbonyl (C=O) groups excluding carboxylic acids is 1. The van der Waals surface area contributed by atoms with Gasteiger partial charge in [-0.05, 0) is 56.5 Å². The van der Waals surface area contributed by atoms with Gasteiger partial charge in [-0.15, -0.1) is 24.8 Å². The minimum absolute atomic E-state index is 0. The molecule has 0 radical (unpaired) electrons. The second-order valence-corrected chi connectivity index (χ2v) is 6.25. The molecule has 7 heteroatoms. The molecule has 0 unspecified atom stereocenters. The minimum atomic E-state index is -0.108. The first-order valence-electron chi connectivity index (χ1n) is 8.37. The standard InChI is InChI=1S/C19H23N3O2.2ClH/c1-13-8-10-21-18(11-13)24-17-12-15(7-6-14(17)2)22-19(23)16-5-3-4-9-20-16;;/h6-8,10-12,16,20H,3-5,9H2,1-2H3,(H,22,23);2*1H/t16-;;/m1../s1. The summed E-state index contributed by atoms with van der Waals surface area (Å²) in [4.78, 5) is 16.6. The van der Waals surface area contributed by atoms with E-state index in [2.05, 4.69) is 15.6 Å². The first kappa shape index (κ1) is 22.2. The maximum absolute atomic E-state index is 12.3. The number of anilines is 1. The zero-order valence-electron chi connectivity index (χ0n) is 15.0. The summed E-state index contributed by atoms with van der Waals surface area (Å²) < 4.78 is 5.88. The second-order valence-electron chi connectivity index (χ2n) is 6.25. The van der Waals surface area contributed by atoms with E-state index in [1.807, 2.05) is 44.2 Å². The van der Waals surface area contributed by atoms with Gasteiger partial charge in [0.05, 0.1) is 6.04 Å². The molecule has 2 N–H and O–H groups in total. The molecule has 26 heavy (non-hydrogen) atoms. The third-order valence-corrected chi connectivity index (χ3v) is 4.19. The van der Waals surface area contributed by atoms with Crippen LogP contribution in [0.25, 0.3) is 0 Å². The smallest absolute Gasteiger partial charge is 0.241 e. The normalized spacial score (nSPS) is 16.0. The van der Waals surface area contributed by atoms with Gasteiger partial charge in [0.2, 0.25) is 11.8 Å². The number of aryl methyl sites for hydroxylation is 2. The number of ether oxygens (including phenoxy) is 1. The highest BCUT2D eigenvalue weighted by atomic mass is 35.5. The summed E-state index contributed by atoms with van der Waals surface area (Å²) >= 11 is 0. The Morgan fingerprint density at radius 3 is 2.69 bits per heavy atom. The Balaban J connectivity index is 0.00000169. The largest absolute Gasteiger partial charge is 0.439 e. The Labute approximate surface area is 166 Å². The lowest BCUT2D eigenvalue weighted by atomic mass is 10.0. The first-order chi connectivity index (χ1) is 11.6. The Bertz CT molecular complexity index is 734. The van der Waals surface area contributed by atoms with Crippen molar-refractivity contribution in [2.24, 2.45) is 0 Å². The average Bonchev–Trinajstić information content (AvgIpc) is 2.59. The number of hydrogen-bond acceptors (Lipinski definition) is 4. The number of halogens is 2. The van der Waals surface area contributed by atoms with Gasteiger partial charge < -0.3 is 15.4 Å². The number of piperidine rings is 1. The molecule has 1 amide bonds. The third-order valence-electron chi connectivity index (χ3n) is 4.19. The van der Waals surface area contributed by atoms with Crippen LogP contribution in [0.2, 0.25) is 0 Å². The van der Waals surface area contributed by atoms with Crippen molar-refractivity contribution in [1.29, 1.82) is 0 Å². The molecule has 142 valence electrons. The van der Waals surface area contributed by atoms with Gasteiger partial charge in [-0.3, -0.25) is 4.79 Å². The SMILES string of the molecule is Cc1ccnc(Oc2cc(NC(=O)[C@H]3CCCCN3)ccc2C)c1.Cl.Cl. The number of nitrogens with zero attached hydrogens (tertiary/aromatic N) is 1. The van der Waals surface area contributed by atoms with Gasteiger partial charge in [-0.1, -0.05) is 12.5 Å². The highest BCUT2D eigenvalue weighted by Gasteiger charge is 2.20. The molecule has 1 saturated heterocycles. The molecule has 1 aromatic carbocycles. The number of rotatable bonds is 4. The van der Waals surface area contributed by atoms with E-state index in [4.69, 9.17) is 4.74 Å². The Kier molecular flexibility index (Phi) is 8.85. The van der Waals surface area contributed by atoms with Crippen molar-refractivity contribution in [3.63, 3.8) is 0 Å². The van der Waals surface area contributed by atoms with Gasteiger partial charge in [0.15, 0.2) is 0 Å². The van der Waals surface area contributed by atoms with Crippen molar-refractivity contribution in [2.75, 3.05) is 11.9 Å². The van der Waals surface area contributed by atoms with Crippen molar-refractivity contribution in [3.8, 4) is 11.6 Å². The first-order valence-corrected chi connectivity index (χ1v) is 8.37. The van der Waals surface area contributed by atoms with Gasteiger partial charge >= 0.3 is 0 Å². The molecule has 1 aliphatic heterocycles. The van der Waals surface area contributed by atoms with Gasteiger partial charge in [-0.2, -0.15) is 0 Å². The van der Waals surface area contributed by atoms with Gasteiger partial charge in [0.1, 0.15) is 5.75 Å². The summed E-state index contributed by atoms with van der Waals surface area (Å²) in [7, 11) is 0. The summed E-state index contributed by atoms with van der Waals surface area (Å²) in [6, 6.07) is 9.38. The molecule has 0 bridgehead atoms. The quantitative estimate of drug-likeness (QED) is 0.801. The predicted molar refractivity (Wildman–Crippen MR) is 109 cm³/mol. The molecule has 0 aliphatic carbocycles. The zero-order valence-corrected chi connectivity index (χ0v) is 16.6. The lowest BCUT2D eigenvalue weighted by Crippen LogP contribution is -2.43. The number of carbonyl (C=O) groups is 1. The number of nitrogens with one attached hydrogen (secondary N) is 2. The highest BCUT2D eigenvalue weighted by Crippen LogP contribution is 2.27. The Morgan fingerprint density at radius 1 is 1.19 bits per heavy atom. The van der Waals surface area contributed by atoms with Crippen molar-refractivity contribution in [2.45, 2.75) is 39.2 Å². The topological polar surface area (TPSA) is 63.2 Å². The monoisotopic (exact) mass is 397 g/mol. The van der Waals surface area contributed by atoms with E-state index in [0.717, 1.165) is 42.6 Å². The molecule has 1 atom stereocenters. The summed E-state index contributed by atoms with van der Waals surface area (Å²) in [5.41, 5.74) is 2.82. The number of hydrogen-bond donors (Lipinski definition) is 2. The molecule has 5 nitrogen and oxygen atoms in total. The van der Waals surface area contributed by atoms with Gasteiger partial charge in [0, 0.05) is 24.0 Å². The van der Waals surface area contributed by atoms with Crippen LogP contribution in [0.4, 0.5) is 5.69 Å². The van der Waals surface area contributed by atoms with E-state index in [9.17, 15) is 4.79 Å². The van der Waals surface area contributed by atoms with Crippen LogP contribution in [-0.2, 0) is 4.79 Å². The van der Waals surface area contributed by atoms with Crippen LogP contribution in [0.1, 0.15) is 30.4 Å². The van der Waals surface area contributed by atoms with E-state index in [1.54, 1.807) is 6.20 Å². The number of amides is 1. The van der Waals surface area contributed by atoms with Gasteiger partial charge in [0.25, 0.3) is 0 Å². The lowest BCUT2D eigenvalue weighted by molar-refractivity contribution is -0.118. The van der Waals surface area contributed by atoms with E-state index in [-0.39, 0.29) is 36.8 Å². The predicted octanol–water partition coefficient (Wildman–Crippen LogP) is 4.41. The molecule has 2 heterocycles. The van der Waals surface area contributed by atoms with Crippen LogP contribution in [0, 0.1) is 13.8 Å². The van der Waals surface area contributed by atoms with E-state index >= 15 is 0 Å². The summed E-state index contributed by atoms with van der Waals surface area (Å²) in [6.45, 7) is 4.87. The number of aromatic nitrogens is 1. The van der Waals surface area contributed by atoms with E-state index < -0.39 is 0 Å². The molecular weight excluding hydrogens is 373 g/mol. The summed E-state index contributed by atoms with van der Waals surface area (Å²) in [5.74, 6) is 1.26. The Morgan fingerprint density at radius 2 is 2.00 bits per heavy atom. The van der Waals surface area contributed by atoms with Crippen molar-refractivity contribution in [1.82, 2.24) is 10.3 Å². The highest BCUT2D eigenvalue weighted by molar-refractivity contribution is 5.95. The van der Waals surface area contributed by atoms with Crippen LogP contribution in [0.15, 0.2) is 36.5 Å². The fourth-order valence-electron chi connectivity index (χ4n) is 2.77. The van der Waals surface area contributed by atoms with Crippen LogP contribution in [-0.4, -0.2) is 23.5 Å². The molecule has 0 saturated carbocycles. The van der Waals surface area contributed by atoms with Gasteiger partial charge in [-0.25, -0.2) is 4.98 Å².